The van der Waals surface area contributed by atoms with Crippen molar-refractivity contribution in [1.82, 2.24) is 4.90 Å². The van der Waals surface area contributed by atoms with E-state index in [0.717, 1.165) is 35.5 Å². The van der Waals surface area contributed by atoms with Crippen LogP contribution in [0.2, 0.25) is 5.02 Å². The van der Waals surface area contributed by atoms with E-state index in [-0.39, 0.29) is 11.7 Å². The maximum absolute atomic E-state index is 12.4. The van der Waals surface area contributed by atoms with Crippen molar-refractivity contribution >= 4 is 51.6 Å². The van der Waals surface area contributed by atoms with E-state index in [0.29, 0.717) is 21.3 Å². The number of hydrogen-bond donors (Lipinski definition) is 1. The first-order valence-electron chi connectivity index (χ1n) is 8.52. The number of carbonyl (C=O) groups excluding carboxylic acids is 2. The highest BCUT2D eigenvalue weighted by Crippen LogP contribution is 2.37. The van der Waals surface area contributed by atoms with Crippen molar-refractivity contribution in [2.75, 3.05) is 31.8 Å². The van der Waals surface area contributed by atoms with Crippen molar-refractivity contribution in [2.45, 2.75) is 18.7 Å². The van der Waals surface area contributed by atoms with Crippen LogP contribution in [0.4, 0.5) is 5.00 Å². The number of nitrogens with zero attached hydrogens (tertiary/aromatic N) is 1. The predicted molar refractivity (Wildman–Crippen MR) is 112 cm³/mol. The van der Waals surface area contributed by atoms with E-state index >= 15 is 0 Å². The Morgan fingerprint density at radius 2 is 2.15 bits per heavy atom. The van der Waals surface area contributed by atoms with E-state index in [1.807, 2.05) is 31.3 Å². The van der Waals surface area contributed by atoms with Crippen LogP contribution in [0, 0.1) is 0 Å². The van der Waals surface area contributed by atoms with Gasteiger partial charge in [0.2, 0.25) is 5.91 Å². The van der Waals surface area contributed by atoms with Crippen LogP contribution in [0.25, 0.3) is 0 Å². The molecule has 1 amide bonds. The zero-order valence-electron chi connectivity index (χ0n) is 15.2. The lowest BCUT2D eigenvalue weighted by atomic mass is 10.0. The Morgan fingerprint density at radius 1 is 1.37 bits per heavy atom. The fourth-order valence-electron chi connectivity index (χ4n) is 2.97. The molecule has 0 unspecified atom stereocenters. The van der Waals surface area contributed by atoms with Gasteiger partial charge in [-0.25, -0.2) is 4.79 Å². The van der Waals surface area contributed by atoms with Crippen LogP contribution in [0.5, 0.6) is 0 Å². The van der Waals surface area contributed by atoms with Gasteiger partial charge in [0.25, 0.3) is 0 Å². The number of methoxy groups -OCH3 is 1. The van der Waals surface area contributed by atoms with Crippen molar-refractivity contribution in [2.24, 2.45) is 0 Å². The van der Waals surface area contributed by atoms with Gasteiger partial charge in [0.1, 0.15) is 5.00 Å². The number of anilines is 1. The van der Waals surface area contributed by atoms with Gasteiger partial charge in [-0.3, -0.25) is 4.79 Å². The quantitative estimate of drug-likeness (QED) is 0.709. The van der Waals surface area contributed by atoms with Crippen molar-refractivity contribution in [3.63, 3.8) is 0 Å². The summed E-state index contributed by atoms with van der Waals surface area (Å²) in [7, 11) is 3.41. The molecule has 2 heterocycles. The Balaban J connectivity index is 1.66. The number of benzene rings is 1. The third-order valence-corrected chi connectivity index (χ3v) is 6.82. The third-order valence-electron chi connectivity index (χ3n) is 4.34. The molecular formula is C19H21ClN2O3S2. The number of halogens is 1. The Kier molecular flexibility index (Phi) is 6.81. The number of esters is 1. The molecule has 0 spiro atoms. The van der Waals surface area contributed by atoms with E-state index in [2.05, 4.69) is 10.2 Å². The van der Waals surface area contributed by atoms with Crippen LogP contribution < -0.4 is 5.32 Å². The molecule has 0 saturated carbocycles. The summed E-state index contributed by atoms with van der Waals surface area (Å²) in [5.74, 6) is 0.414. The predicted octanol–water partition coefficient (Wildman–Crippen LogP) is 4.05. The molecule has 144 valence electrons. The molecule has 0 radical (unpaired) electrons. The van der Waals surface area contributed by atoms with Crippen molar-refractivity contribution in [3.8, 4) is 0 Å². The fraction of sp³-hybridized carbons (Fsp3) is 0.368. The summed E-state index contributed by atoms with van der Waals surface area (Å²) in [5, 5.41) is 4.20. The van der Waals surface area contributed by atoms with Crippen molar-refractivity contribution in [3.05, 3.63) is 50.9 Å². The number of fused-ring (bicyclic) bond motifs is 1. The minimum Gasteiger partial charge on any atom is -0.465 e. The largest absolute Gasteiger partial charge is 0.465 e. The van der Waals surface area contributed by atoms with Gasteiger partial charge in [0.15, 0.2) is 0 Å². The molecule has 8 heteroatoms. The molecule has 1 aromatic heterocycles. The number of hydrogen-bond acceptors (Lipinski definition) is 6. The lowest BCUT2D eigenvalue weighted by molar-refractivity contribution is -0.113. The smallest absolute Gasteiger partial charge is 0.341 e. The molecule has 0 fully saturated rings. The number of carbonyl (C=O) groups is 2. The van der Waals surface area contributed by atoms with Crippen molar-refractivity contribution < 1.29 is 14.3 Å². The second-order valence-corrected chi connectivity index (χ2v) is 8.82. The molecule has 5 nitrogen and oxygen atoms in total. The summed E-state index contributed by atoms with van der Waals surface area (Å²) in [6.45, 7) is 1.66. The molecule has 3 rings (SSSR count). The fourth-order valence-corrected chi connectivity index (χ4v) is 5.41. The third kappa shape index (κ3) is 4.85. The average Bonchev–Trinajstić information content (AvgIpc) is 2.99. The summed E-state index contributed by atoms with van der Waals surface area (Å²) in [6.07, 6.45) is 0.782. The van der Waals surface area contributed by atoms with E-state index in [4.69, 9.17) is 16.3 Å². The van der Waals surface area contributed by atoms with Gasteiger partial charge in [-0.1, -0.05) is 29.8 Å². The van der Waals surface area contributed by atoms with Crippen LogP contribution >= 0.6 is 34.7 Å². The molecule has 0 atom stereocenters. The van der Waals surface area contributed by atoms with Crippen LogP contribution in [0.3, 0.4) is 0 Å². The zero-order valence-corrected chi connectivity index (χ0v) is 17.6. The molecule has 0 aliphatic carbocycles. The summed E-state index contributed by atoms with van der Waals surface area (Å²) in [6, 6.07) is 7.60. The highest BCUT2D eigenvalue weighted by molar-refractivity contribution is 7.99. The second-order valence-electron chi connectivity index (χ2n) is 6.32. The summed E-state index contributed by atoms with van der Waals surface area (Å²) >= 11 is 9.10. The summed E-state index contributed by atoms with van der Waals surface area (Å²) in [5.41, 5.74) is 2.51. The van der Waals surface area contributed by atoms with Gasteiger partial charge in [-0.15, -0.1) is 23.1 Å². The second kappa shape index (κ2) is 9.10. The first-order valence-corrected chi connectivity index (χ1v) is 10.9. The van der Waals surface area contributed by atoms with Crippen LogP contribution in [-0.2, 0) is 28.2 Å². The number of amides is 1. The molecule has 1 N–H and O–H groups in total. The van der Waals surface area contributed by atoms with Gasteiger partial charge >= 0.3 is 5.97 Å². The van der Waals surface area contributed by atoms with Crippen LogP contribution in [0.1, 0.15) is 26.4 Å². The topological polar surface area (TPSA) is 58.6 Å². The van der Waals surface area contributed by atoms with E-state index in [9.17, 15) is 9.59 Å². The first-order chi connectivity index (χ1) is 13.0. The monoisotopic (exact) mass is 424 g/mol. The highest BCUT2D eigenvalue weighted by atomic mass is 35.5. The molecular weight excluding hydrogens is 404 g/mol. The summed E-state index contributed by atoms with van der Waals surface area (Å²) in [4.78, 5) is 28.0. The minimum atomic E-state index is -0.393. The molecule has 1 aliphatic heterocycles. The molecule has 27 heavy (non-hydrogen) atoms. The number of ether oxygens (including phenoxy) is 1. The maximum atomic E-state index is 12.4. The number of likely N-dealkylation sites (N-methyl/N-ethyl adjacent to an activating group) is 1. The van der Waals surface area contributed by atoms with Gasteiger partial charge in [-0.2, -0.15) is 0 Å². The van der Waals surface area contributed by atoms with Crippen LogP contribution in [-0.4, -0.2) is 43.2 Å². The molecule has 0 saturated heterocycles. The molecule has 2 aromatic rings. The van der Waals surface area contributed by atoms with Crippen molar-refractivity contribution in [1.29, 1.82) is 0 Å². The maximum Gasteiger partial charge on any atom is 0.341 e. The lowest BCUT2D eigenvalue weighted by Crippen LogP contribution is -2.26. The SMILES string of the molecule is COC(=O)c1c(NC(=O)CSCc2ccccc2Cl)sc2c1CCN(C)C2. The van der Waals surface area contributed by atoms with E-state index < -0.39 is 5.97 Å². The Labute approximate surface area is 172 Å². The first kappa shape index (κ1) is 20.2. The zero-order chi connectivity index (χ0) is 19.4. The van der Waals surface area contributed by atoms with Gasteiger partial charge < -0.3 is 15.0 Å². The number of thioether (sulfide) groups is 1. The minimum absolute atomic E-state index is 0.135. The highest BCUT2D eigenvalue weighted by Gasteiger charge is 2.28. The number of nitrogens with one attached hydrogen (secondary N) is 1. The lowest BCUT2D eigenvalue weighted by Gasteiger charge is -2.22. The molecule has 1 aliphatic rings. The Morgan fingerprint density at radius 3 is 2.89 bits per heavy atom. The van der Waals surface area contributed by atoms with E-state index in [1.54, 1.807) is 0 Å². The van der Waals surface area contributed by atoms with Gasteiger partial charge in [0.05, 0.1) is 18.4 Å². The van der Waals surface area contributed by atoms with E-state index in [1.165, 1.54) is 30.2 Å². The van der Waals surface area contributed by atoms with Gasteiger partial charge in [-0.05, 0) is 30.7 Å². The Hall–Kier alpha value is -1.54. The number of thiophene rings is 1. The normalized spacial score (nSPS) is 13.9. The number of rotatable bonds is 6. The standard InChI is InChI=1S/C19H21ClN2O3S2/c1-22-8-7-13-15(9-22)27-18(17(13)19(24)25-2)21-16(23)11-26-10-12-5-3-4-6-14(12)20/h3-6H,7-11H2,1-2H3,(H,21,23). The summed E-state index contributed by atoms with van der Waals surface area (Å²) < 4.78 is 4.94. The average molecular weight is 425 g/mol. The molecule has 1 aromatic carbocycles. The van der Waals surface area contributed by atoms with Gasteiger partial charge in [0, 0.05) is 28.7 Å². The van der Waals surface area contributed by atoms with Crippen LogP contribution in [0.15, 0.2) is 24.3 Å². The molecule has 0 bridgehead atoms. The Bertz CT molecular complexity index is 853.